The van der Waals surface area contributed by atoms with Crippen molar-refractivity contribution in [2.24, 2.45) is 5.92 Å². The van der Waals surface area contributed by atoms with Crippen molar-refractivity contribution in [2.75, 3.05) is 13.1 Å². The zero-order valence-corrected chi connectivity index (χ0v) is 16.4. The number of amides is 2. The van der Waals surface area contributed by atoms with Crippen LogP contribution in [0.5, 0.6) is 0 Å². The molecule has 1 fully saturated rings. The molecule has 29 heavy (non-hydrogen) atoms. The fraction of sp³-hybridized carbons (Fsp3) is 0.333. The number of nitrogens with zero attached hydrogens (tertiary/aromatic N) is 3. The summed E-state index contributed by atoms with van der Waals surface area (Å²) in [7, 11) is 0. The molecule has 2 aromatic heterocycles. The molecule has 1 aromatic carbocycles. The summed E-state index contributed by atoms with van der Waals surface area (Å²) >= 11 is 0. The molecule has 0 atom stereocenters. The summed E-state index contributed by atoms with van der Waals surface area (Å²) in [6, 6.07) is 12.9. The molecule has 1 saturated heterocycles. The minimum Gasteiger partial charge on any atom is -0.364 e. The summed E-state index contributed by atoms with van der Waals surface area (Å²) in [5.41, 5.74) is 1.80. The highest BCUT2D eigenvalue weighted by Gasteiger charge is 2.48. The van der Waals surface area contributed by atoms with Gasteiger partial charge >= 0.3 is 0 Å². The maximum atomic E-state index is 12.9. The molecule has 4 rings (SSSR count). The molecule has 8 nitrogen and oxygen atoms in total. The number of hydrogen-bond donors (Lipinski definition) is 2. The lowest BCUT2D eigenvalue weighted by molar-refractivity contribution is 0.0255. The third-order valence-electron chi connectivity index (χ3n) is 5.04. The van der Waals surface area contributed by atoms with E-state index in [4.69, 9.17) is 4.52 Å². The maximum absolute atomic E-state index is 12.9. The Hall–Kier alpha value is -3.42. The first-order valence-electron chi connectivity index (χ1n) is 9.59. The molecular weight excluding hydrogens is 370 g/mol. The van der Waals surface area contributed by atoms with Crippen molar-refractivity contribution < 1.29 is 14.1 Å². The van der Waals surface area contributed by atoms with Gasteiger partial charge in [-0.1, -0.05) is 49.3 Å². The molecule has 3 heterocycles. The lowest BCUT2D eigenvalue weighted by atomic mass is 9.81. The van der Waals surface area contributed by atoms with E-state index < -0.39 is 5.54 Å². The van der Waals surface area contributed by atoms with Gasteiger partial charge in [0, 0.05) is 11.8 Å². The number of aromatic nitrogens is 3. The minimum absolute atomic E-state index is 0.154. The average molecular weight is 393 g/mol. The van der Waals surface area contributed by atoms with Crippen LogP contribution in [0.15, 0.2) is 53.3 Å². The summed E-state index contributed by atoms with van der Waals surface area (Å²) in [5.74, 6) is -0.0212. The van der Waals surface area contributed by atoms with Gasteiger partial charge in [0.15, 0.2) is 5.69 Å². The van der Waals surface area contributed by atoms with Gasteiger partial charge in [-0.2, -0.15) is 5.10 Å². The van der Waals surface area contributed by atoms with Crippen LogP contribution in [-0.4, -0.2) is 45.2 Å². The van der Waals surface area contributed by atoms with Crippen LogP contribution in [0.4, 0.5) is 0 Å². The number of likely N-dealkylation sites (tertiary alicyclic amines) is 1. The van der Waals surface area contributed by atoms with E-state index in [9.17, 15) is 9.59 Å². The van der Waals surface area contributed by atoms with E-state index in [1.807, 2.05) is 30.3 Å². The average Bonchev–Trinajstić information content (AvgIpc) is 3.36. The second-order valence-electron chi connectivity index (χ2n) is 7.82. The van der Waals surface area contributed by atoms with Crippen LogP contribution in [-0.2, 0) is 12.0 Å². The van der Waals surface area contributed by atoms with Crippen LogP contribution in [0.25, 0.3) is 0 Å². The molecule has 8 heteroatoms. The number of carbonyl (C=O) groups excluding carboxylic acids is 2. The lowest BCUT2D eigenvalue weighted by Crippen LogP contribution is -2.69. The van der Waals surface area contributed by atoms with Gasteiger partial charge in [0.1, 0.15) is 17.5 Å². The van der Waals surface area contributed by atoms with Crippen LogP contribution >= 0.6 is 0 Å². The van der Waals surface area contributed by atoms with Gasteiger partial charge in [-0.25, -0.2) is 0 Å². The maximum Gasteiger partial charge on any atom is 0.274 e. The molecule has 0 unspecified atom stereocenters. The quantitative estimate of drug-likeness (QED) is 0.669. The highest BCUT2D eigenvalue weighted by Crippen LogP contribution is 2.33. The monoisotopic (exact) mass is 393 g/mol. The first kappa shape index (κ1) is 18.9. The van der Waals surface area contributed by atoms with Crippen LogP contribution in [0, 0.1) is 5.92 Å². The van der Waals surface area contributed by atoms with Gasteiger partial charge in [0.05, 0.1) is 13.1 Å². The molecule has 1 aliphatic heterocycles. The van der Waals surface area contributed by atoms with E-state index in [0.29, 0.717) is 24.7 Å². The molecule has 0 spiro atoms. The Bertz CT molecular complexity index is 989. The van der Waals surface area contributed by atoms with Crippen molar-refractivity contribution in [1.29, 1.82) is 0 Å². The fourth-order valence-corrected chi connectivity index (χ4v) is 3.63. The van der Waals surface area contributed by atoms with Crippen LogP contribution in [0.3, 0.4) is 0 Å². The number of carbonyl (C=O) groups is 2. The topological polar surface area (TPSA) is 104 Å². The number of hydrogen-bond acceptors (Lipinski definition) is 5. The van der Waals surface area contributed by atoms with Gasteiger partial charge in [0.2, 0.25) is 0 Å². The van der Waals surface area contributed by atoms with E-state index in [-0.39, 0.29) is 17.5 Å². The molecule has 0 radical (unpaired) electrons. The molecular formula is C21H23N5O3. The van der Waals surface area contributed by atoms with Crippen molar-refractivity contribution >= 4 is 11.8 Å². The Balaban J connectivity index is 1.51. The van der Waals surface area contributed by atoms with Gasteiger partial charge in [0.25, 0.3) is 11.8 Å². The number of H-pyrrole nitrogens is 1. The summed E-state index contributed by atoms with van der Waals surface area (Å²) in [4.78, 5) is 27.1. The summed E-state index contributed by atoms with van der Waals surface area (Å²) < 4.78 is 4.77. The highest BCUT2D eigenvalue weighted by atomic mass is 16.5. The Labute approximate surface area is 168 Å². The third kappa shape index (κ3) is 3.78. The van der Waals surface area contributed by atoms with Gasteiger partial charge in [-0.3, -0.25) is 14.7 Å². The van der Waals surface area contributed by atoms with Gasteiger partial charge < -0.3 is 14.7 Å². The number of nitrogens with one attached hydrogen (secondary N) is 2. The van der Waals surface area contributed by atoms with Crippen molar-refractivity contribution in [3.63, 3.8) is 0 Å². The molecule has 2 amide bonds. The van der Waals surface area contributed by atoms with Crippen LogP contribution < -0.4 is 5.32 Å². The first-order valence-corrected chi connectivity index (χ1v) is 9.59. The van der Waals surface area contributed by atoms with E-state index >= 15 is 0 Å². The second kappa shape index (κ2) is 7.54. The highest BCUT2D eigenvalue weighted by molar-refractivity contribution is 5.95. The normalized spacial score (nSPS) is 15.2. The zero-order chi connectivity index (χ0) is 20.4. The van der Waals surface area contributed by atoms with Crippen LogP contribution in [0.2, 0.25) is 0 Å². The minimum atomic E-state index is -0.677. The smallest absolute Gasteiger partial charge is 0.274 e. The predicted molar refractivity (Wildman–Crippen MR) is 105 cm³/mol. The van der Waals surface area contributed by atoms with Crippen LogP contribution in [0.1, 0.15) is 46.1 Å². The van der Waals surface area contributed by atoms with Crippen molar-refractivity contribution in [1.82, 2.24) is 25.6 Å². The number of aromatic amines is 1. The van der Waals surface area contributed by atoms with Crippen molar-refractivity contribution in [3.05, 3.63) is 71.4 Å². The summed E-state index contributed by atoms with van der Waals surface area (Å²) in [6.45, 7) is 4.94. The SMILES string of the molecule is CC(C)Cc1cc(C(=O)N2CC(NC(=O)c3ccon3)(c3ccccc3)C2)n[nH]1. The zero-order valence-electron chi connectivity index (χ0n) is 16.4. The molecule has 2 N–H and O–H groups in total. The van der Waals surface area contributed by atoms with E-state index in [0.717, 1.165) is 17.7 Å². The van der Waals surface area contributed by atoms with E-state index in [2.05, 4.69) is 34.5 Å². The first-order chi connectivity index (χ1) is 14.0. The molecule has 0 bridgehead atoms. The van der Waals surface area contributed by atoms with Gasteiger partial charge in [-0.15, -0.1) is 0 Å². The molecule has 150 valence electrons. The predicted octanol–water partition coefficient (Wildman–Crippen LogP) is 2.38. The van der Waals surface area contributed by atoms with Crippen molar-refractivity contribution in [2.45, 2.75) is 25.8 Å². The Morgan fingerprint density at radius 2 is 1.97 bits per heavy atom. The molecule has 3 aromatic rings. The molecule has 0 saturated carbocycles. The van der Waals surface area contributed by atoms with Gasteiger partial charge in [-0.05, 0) is 24.0 Å². The van der Waals surface area contributed by atoms with E-state index in [1.54, 1.807) is 11.0 Å². The fourth-order valence-electron chi connectivity index (χ4n) is 3.63. The number of benzene rings is 1. The molecule has 1 aliphatic rings. The Morgan fingerprint density at radius 3 is 2.62 bits per heavy atom. The Morgan fingerprint density at radius 1 is 1.21 bits per heavy atom. The number of rotatable bonds is 6. The largest absolute Gasteiger partial charge is 0.364 e. The van der Waals surface area contributed by atoms with E-state index in [1.165, 1.54) is 12.3 Å². The lowest BCUT2D eigenvalue weighted by Gasteiger charge is -2.50. The standard InChI is InChI=1S/C21H23N5O3/c1-14(2)10-16-11-18(24-23-16)20(28)26-12-21(13-26,15-6-4-3-5-7-15)22-19(27)17-8-9-29-25-17/h3-9,11,14H,10,12-13H2,1-2H3,(H,22,27)(H,23,24). The molecule has 0 aliphatic carbocycles. The van der Waals surface area contributed by atoms with Crippen molar-refractivity contribution in [3.8, 4) is 0 Å². The Kier molecular flexibility index (Phi) is 4.92. The summed E-state index contributed by atoms with van der Waals surface area (Å²) in [5, 5.41) is 13.8. The second-order valence-corrected chi connectivity index (χ2v) is 7.82. The summed E-state index contributed by atoms with van der Waals surface area (Å²) in [6.07, 6.45) is 2.19. The third-order valence-corrected chi connectivity index (χ3v) is 5.04.